The van der Waals surface area contributed by atoms with E-state index in [9.17, 15) is 0 Å². The van der Waals surface area contributed by atoms with Crippen molar-refractivity contribution in [3.05, 3.63) is 36.5 Å². The molecule has 0 saturated heterocycles. The van der Waals surface area contributed by atoms with Crippen molar-refractivity contribution in [1.82, 2.24) is 14.3 Å². The van der Waals surface area contributed by atoms with Crippen LogP contribution in [0.25, 0.3) is 10.9 Å². The van der Waals surface area contributed by atoms with E-state index in [1.165, 1.54) is 10.7 Å². The smallest absolute Gasteiger partial charge is 0.0804 e. The second-order valence-electron chi connectivity index (χ2n) is 4.34. The second-order valence-corrected chi connectivity index (χ2v) is 7.00. The Kier molecular flexibility index (Phi) is 3.72. The Morgan fingerprint density at radius 2 is 1.59 bits per heavy atom. The quantitative estimate of drug-likeness (QED) is 0.776. The molecule has 2 aromatic rings. The molecule has 4 heteroatoms. The first-order valence-corrected chi connectivity index (χ1v) is 6.84. The molecule has 0 spiro atoms. The Morgan fingerprint density at radius 1 is 0.941 bits per heavy atom. The van der Waals surface area contributed by atoms with Crippen LogP contribution < -0.4 is 5.30 Å². The number of rotatable bonds is 3. The average molecular weight is 247 g/mol. The first-order chi connectivity index (χ1) is 8.11. The number of para-hydroxylation sites is 1. The zero-order chi connectivity index (χ0) is 12.4. The zero-order valence-electron chi connectivity index (χ0n) is 10.8. The molecule has 0 radical (unpaired) electrons. The lowest BCUT2D eigenvalue weighted by molar-refractivity contribution is 0.584. The van der Waals surface area contributed by atoms with E-state index >= 15 is 0 Å². The lowest BCUT2D eigenvalue weighted by Crippen LogP contribution is -2.25. The second kappa shape index (κ2) is 5.09. The summed E-state index contributed by atoms with van der Waals surface area (Å²) in [4.78, 5) is 4.53. The molecule has 1 aromatic heterocycles. The van der Waals surface area contributed by atoms with Gasteiger partial charge >= 0.3 is 0 Å². The van der Waals surface area contributed by atoms with Crippen LogP contribution in [-0.2, 0) is 0 Å². The highest BCUT2D eigenvalue weighted by molar-refractivity contribution is 7.61. The number of nitrogens with zero attached hydrogens (tertiary/aromatic N) is 3. The highest BCUT2D eigenvalue weighted by atomic mass is 31.1. The van der Waals surface area contributed by atoms with Crippen LogP contribution in [0.4, 0.5) is 0 Å². The third-order valence-electron chi connectivity index (χ3n) is 2.58. The van der Waals surface area contributed by atoms with Gasteiger partial charge in [0.25, 0.3) is 0 Å². The Labute approximate surface area is 104 Å². The number of hydrogen-bond donors (Lipinski definition) is 0. The maximum atomic E-state index is 4.53. The minimum absolute atomic E-state index is 0.469. The van der Waals surface area contributed by atoms with Gasteiger partial charge in [-0.2, -0.15) is 0 Å². The molecular formula is C13H18N3P. The average Bonchev–Trinajstić information content (AvgIpc) is 2.28. The van der Waals surface area contributed by atoms with Crippen molar-refractivity contribution in [1.29, 1.82) is 0 Å². The van der Waals surface area contributed by atoms with Crippen molar-refractivity contribution in [3.63, 3.8) is 0 Å². The van der Waals surface area contributed by atoms with E-state index in [1.807, 2.05) is 12.3 Å². The first-order valence-electron chi connectivity index (χ1n) is 5.59. The molecule has 0 fully saturated rings. The molecule has 0 N–H and O–H groups in total. The number of fused-ring (bicyclic) bond motifs is 1. The Balaban J connectivity index is 2.61. The highest BCUT2D eigenvalue weighted by Gasteiger charge is 2.19. The summed E-state index contributed by atoms with van der Waals surface area (Å²) in [5, 5.41) is 2.52. The Bertz CT molecular complexity index is 497. The normalized spacial score (nSPS) is 11.9. The van der Waals surface area contributed by atoms with Crippen molar-refractivity contribution >= 4 is 24.4 Å². The van der Waals surface area contributed by atoms with Crippen LogP contribution in [0.1, 0.15) is 0 Å². The predicted molar refractivity (Wildman–Crippen MR) is 75.7 cm³/mol. The van der Waals surface area contributed by atoms with Gasteiger partial charge in [0.15, 0.2) is 0 Å². The Hall–Kier alpha value is -1.02. The van der Waals surface area contributed by atoms with E-state index < -0.39 is 8.22 Å². The maximum Gasteiger partial charge on any atom is 0.0804 e. The number of hydrogen-bond acceptors (Lipinski definition) is 3. The van der Waals surface area contributed by atoms with Crippen LogP contribution >= 0.6 is 8.22 Å². The minimum atomic E-state index is -0.469. The van der Waals surface area contributed by atoms with Crippen LogP contribution in [-0.4, -0.2) is 42.5 Å². The van der Waals surface area contributed by atoms with Crippen LogP contribution in [0.3, 0.4) is 0 Å². The Morgan fingerprint density at radius 3 is 2.24 bits per heavy atom. The van der Waals surface area contributed by atoms with Crippen LogP contribution in [0.15, 0.2) is 36.5 Å². The standard InChI is InChI=1S/C13H18N3P/c1-15(2)17(16(3)4)12-9-5-7-11-8-6-10-14-13(11)12/h5-10H,1-4H3. The summed E-state index contributed by atoms with van der Waals surface area (Å²) in [5.41, 5.74) is 1.11. The third-order valence-corrected chi connectivity index (χ3v) is 4.89. The molecule has 0 aliphatic heterocycles. The molecule has 0 aliphatic rings. The van der Waals surface area contributed by atoms with E-state index in [4.69, 9.17) is 0 Å². The molecule has 3 nitrogen and oxygen atoms in total. The summed E-state index contributed by atoms with van der Waals surface area (Å²) < 4.78 is 4.53. The van der Waals surface area contributed by atoms with Gasteiger partial charge < -0.3 is 0 Å². The van der Waals surface area contributed by atoms with Crippen molar-refractivity contribution in [2.75, 3.05) is 28.2 Å². The van der Waals surface area contributed by atoms with E-state index in [0.717, 1.165) is 5.52 Å². The van der Waals surface area contributed by atoms with Crippen molar-refractivity contribution in [2.24, 2.45) is 0 Å². The lowest BCUT2D eigenvalue weighted by Gasteiger charge is -2.30. The summed E-state index contributed by atoms with van der Waals surface area (Å²) in [6.45, 7) is 0. The largest absolute Gasteiger partial charge is 0.272 e. The zero-order valence-corrected chi connectivity index (χ0v) is 11.6. The van der Waals surface area contributed by atoms with Crippen molar-refractivity contribution in [3.8, 4) is 0 Å². The van der Waals surface area contributed by atoms with Crippen LogP contribution in [0.5, 0.6) is 0 Å². The molecule has 0 bridgehead atoms. The van der Waals surface area contributed by atoms with E-state index in [2.05, 4.69) is 66.8 Å². The minimum Gasteiger partial charge on any atom is -0.272 e. The molecular weight excluding hydrogens is 229 g/mol. The van der Waals surface area contributed by atoms with Gasteiger partial charge in [0.1, 0.15) is 0 Å². The lowest BCUT2D eigenvalue weighted by atomic mass is 10.2. The van der Waals surface area contributed by atoms with Gasteiger partial charge in [-0.3, -0.25) is 14.3 Å². The summed E-state index contributed by atoms with van der Waals surface area (Å²) in [6.07, 6.45) is 1.87. The fourth-order valence-electron chi connectivity index (χ4n) is 2.04. The number of pyridine rings is 1. The molecule has 0 unspecified atom stereocenters. The highest BCUT2D eigenvalue weighted by Crippen LogP contribution is 2.40. The fourth-order valence-corrected chi connectivity index (χ4v) is 4.21. The van der Waals surface area contributed by atoms with Gasteiger partial charge in [0.2, 0.25) is 0 Å². The summed E-state index contributed by atoms with van der Waals surface area (Å²) in [7, 11) is 8.00. The molecule has 17 heavy (non-hydrogen) atoms. The van der Waals surface area contributed by atoms with Gasteiger partial charge in [-0.1, -0.05) is 18.2 Å². The number of aromatic nitrogens is 1. The molecule has 0 aliphatic carbocycles. The fraction of sp³-hybridized carbons (Fsp3) is 0.308. The molecule has 1 aromatic carbocycles. The van der Waals surface area contributed by atoms with E-state index in [1.54, 1.807) is 0 Å². The van der Waals surface area contributed by atoms with Crippen molar-refractivity contribution < 1.29 is 0 Å². The first kappa shape index (κ1) is 12.4. The monoisotopic (exact) mass is 247 g/mol. The summed E-state index contributed by atoms with van der Waals surface area (Å²) in [6, 6.07) is 10.5. The van der Waals surface area contributed by atoms with Gasteiger partial charge in [-0.25, -0.2) is 0 Å². The van der Waals surface area contributed by atoms with Crippen LogP contribution in [0.2, 0.25) is 0 Å². The summed E-state index contributed by atoms with van der Waals surface area (Å²) in [5.74, 6) is 0. The molecule has 90 valence electrons. The third kappa shape index (κ3) is 2.47. The molecule has 1 heterocycles. The predicted octanol–water partition coefficient (Wildman–Crippen LogP) is 2.30. The maximum absolute atomic E-state index is 4.53. The van der Waals surface area contributed by atoms with Gasteiger partial charge in [0.05, 0.1) is 13.7 Å². The summed E-state index contributed by atoms with van der Waals surface area (Å²) >= 11 is 0. The van der Waals surface area contributed by atoms with Gasteiger partial charge in [0, 0.05) is 16.9 Å². The SMILES string of the molecule is CN(C)P(c1cccc2cccnc12)N(C)C. The van der Waals surface area contributed by atoms with Gasteiger partial charge in [-0.15, -0.1) is 0 Å². The van der Waals surface area contributed by atoms with Gasteiger partial charge in [-0.05, 0) is 40.3 Å². The molecule has 0 saturated carbocycles. The molecule has 2 rings (SSSR count). The van der Waals surface area contributed by atoms with Crippen LogP contribution in [0, 0.1) is 0 Å². The van der Waals surface area contributed by atoms with E-state index in [0.29, 0.717) is 0 Å². The molecule has 0 atom stereocenters. The molecule has 0 amide bonds. The van der Waals surface area contributed by atoms with E-state index in [-0.39, 0.29) is 0 Å². The van der Waals surface area contributed by atoms with Crippen molar-refractivity contribution in [2.45, 2.75) is 0 Å². The topological polar surface area (TPSA) is 19.4 Å². The number of benzene rings is 1.